The monoisotopic (exact) mass is 249 g/mol. The van der Waals surface area contributed by atoms with E-state index in [0.717, 1.165) is 11.3 Å². The van der Waals surface area contributed by atoms with Crippen LogP contribution in [-0.4, -0.2) is 5.91 Å². The first-order valence-corrected chi connectivity index (χ1v) is 5.53. The number of anilines is 2. The van der Waals surface area contributed by atoms with Crippen molar-refractivity contribution >= 4 is 33.1 Å². The Morgan fingerprint density at radius 1 is 1.41 bits per heavy atom. The average molecular weight is 249 g/mol. The maximum absolute atomic E-state index is 11.8. The number of hydrogen-bond acceptors (Lipinski definition) is 5. The average Bonchev–Trinajstić information content (AvgIpc) is 2.77. The number of hydrogen-bond donors (Lipinski definition) is 2. The Morgan fingerprint density at radius 2 is 2.18 bits per heavy atom. The summed E-state index contributed by atoms with van der Waals surface area (Å²) in [7, 11) is 0. The van der Waals surface area contributed by atoms with Gasteiger partial charge in [0.15, 0.2) is 0 Å². The first-order chi connectivity index (χ1) is 8.20. The zero-order chi connectivity index (χ0) is 12.3. The number of carbonyl (C=O) groups is 1. The van der Waals surface area contributed by atoms with Crippen LogP contribution in [0.3, 0.4) is 0 Å². The summed E-state index contributed by atoms with van der Waals surface area (Å²) < 4.78 is 0. The number of nitrogens with two attached hydrogens (primary N) is 1. The van der Waals surface area contributed by atoms with E-state index in [1.807, 2.05) is 0 Å². The summed E-state index contributed by atoms with van der Waals surface area (Å²) in [6, 6.07) is 6.74. The number of carbonyl (C=O) groups excluding carboxylic acids is 1. The first kappa shape index (κ1) is 11.2. The van der Waals surface area contributed by atoms with E-state index in [1.165, 1.54) is 6.20 Å². The fourth-order valence-corrected chi connectivity index (χ4v) is 1.90. The predicted octanol–water partition coefficient (Wildman–Crippen LogP) is 1.79. The number of rotatable bonds is 3. The summed E-state index contributed by atoms with van der Waals surface area (Å²) in [6.07, 6.45) is 1.42. The normalized spacial score (nSPS) is 9.88. The first-order valence-electron chi connectivity index (χ1n) is 4.71. The van der Waals surface area contributed by atoms with E-state index in [0.29, 0.717) is 16.4 Å². The smallest absolute Gasteiger partial charge is 0.341 e. The van der Waals surface area contributed by atoms with E-state index in [-0.39, 0.29) is 10.9 Å². The minimum absolute atomic E-state index is 0.265. The van der Waals surface area contributed by atoms with Crippen molar-refractivity contribution < 1.29 is 9.78 Å². The lowest BCUT2D eigenvalue weighted by Crippen LogP contribution is -2.17. The lowest BCUT2D eigenvalue weighted by atomic mass is 10.2. The molecule has 4 N–H and O–H groups in total. The third-order valence-corrected chi connectivity index (χ3v) is 2.88. The van der Waals surface area contributed by atoms with Gasteiger partial charge in [-0.15, -0.1) is 4.91 Å². The molecule has 7 heteroatoms. The van der Waals surface area contributed by atoms with Gasteiger partial charge in [0.05, 0.1) is 5.56 Å². The highest BCUT2D eigenvalue weighted by atomic mass is 32.1. The molecule has 0 fully saturated rings. The summed E-state index contributed by atoms with van der Waals surface area (Å²) in [4.78, 5) is 24.8. The molecule has 0 aliphatic heterocycles. The van der Waals surface area contributed by atoms with Crippen molar-refractivity contribution in [3.05, 3.63) is 40.9 Å². The molecule has 1 heterocycles. The van der Waals surface area contributed by atoms with Gasteiger partial charge in [-0.25, -0.2) is 9.78 Å². The fraction of sp³-hybridized carbons (Fsp3) is 0. The number of nitrogens with zero attached hydrogens (tertiary/aromatic N) is 1. The van der Waals surface area contributed by atoms with E-state index in [2.05, 4.69) is 15.5 Å². The molecule has 6 nitrogen and oxygen atoms in total. The number of para-hydroxylation sites is 1. The maximum Gasteiger partial charge on any atom is 0.341 e. The van der Waals surface area contributed by atoms with Gasteiger partial charge in [-0.1, -0.05) is 12.1 Å². The molecule has 0 atom stereocenters. The van der Waals surface area contributed by atoms with Crippen LogP contribution in [0.5, 0.6) is 0 Å². The lowest BCUT2D eigenvalue weighted by Gasteiger charge is -1.99. The number of aromatic amines is 1. The molecule has 0 bridgehead atoms. The molecule has 86 valence electrons. The molecule has 0 saturated carbocycles. The molecule has 0 aliphatic carbocycles. The van der Waals surface area contributed by atoms with Gasteiger partial charge < -0.3 is 5.73 Å². The molecule has 1 aromatic carbocycles. The van der Waals surface area contributed by atoms with Crippen LogP contribution in [0.2, 0.25) is 0 Å². The number of H-pyrrole nitrogens is 1. The number of amides is 1. The number of nitrogen functional groups attached to an aromatic ring is 1. The molecular formula is C10H9N4O2S+. The minimum Gasteiger partial charge on any atom is -0.398 e. The summed E-state index contributed by atoms with van der Waals surface area (Å²) in [5.41, 5.74) is 6.45. The highest BCUT2D eigenvalue weighted by Crippen LogP contribution is 2.23. The second-order valence-corrected chi connectivity index (χ2v) is 4.22. The Bertz CT molecular complexity index is 567. The molecule has 0 radical (unpaired) electrons. The SMILES string of the molecule is Nc1ccccc1C(=O)Nc1[nH+]cc(N=O)s1. The highest BCUT2D eigenvalue weighted by molar-refractivity contribution is 7.18. The summed E-state index contributed by atoms with van der Waals surface area (Å²) in [5, 5.41) is 6.05. The molecule has 2 rings (SSSR count). The van der Waals surface area contributed by atoms with Crippen LogP contribution in [-0.2, 0) is 0 Å². The molecule has 0 aliphatic rings. The quantitative estimate of drug-likeness (QED) is 0.640. The number of thiazole rings is 1. The molecule has 1 aromatic heterocycles. The third-order valence-electron chi connectivity index (χ3n) is 2.06. The van der Waals surface area contributed by atoms with Gasteiger partial charge >= 0.3 is 11.0 Å². The Morgan fingerprint density at radius 3 is 2.82 bits per heavy atom. The Kier molecular flexibility index (Phi) is 3.10. The molecule has 0 spiro atoms. The zero-order valence-corrected chi connectivity index (χ0v) is 9.45. The standard InChI is InChI=1S/C10H8N4O2S/c11-7-4-2-1-3-6(7)9(15)13-10-12-5-8(14-16)17-10/h1-5H,11H2,(H,12,13,15)/p+1. The van der Waals surface area contributed by atoms with Crippen LogP contribution in [0, 0.1) is 4.91 Å². The minimum atomic E-state index is -0.335. The van der Waals surface area contributed by atoms with Crippen LogP contribution in [0.4, 0.5) is 15.8 Å². The van der Waals surface area contributed by atoms with E-state index >= 15 is 0 Å². The van der Waals surface area contributed by atoms with E-state index in [9.17, 15) is 9.70 Å². The summed E-state index contributed by atoms with van der Waals surface area (Å²) >= 11 is 1.05. The largest absolute Gasteiger partial charge is 0.398 e. The van der Waals surface area contributed by atoms with E-state index in [4.69, 9.17) is 5.73 Å². The molecule has 0 unspecified atom stereocenters. The second-order valence-electron chi connectivity index (χ2n) is 3.19. The van der Waals surface area contributed by atoms with Crippen molar-refractivity contribution in [3.8, 4) is 0 Å². The van der Waals surface area contributed by atoms with Gasteiger partial charge in [0.2, 0.25) is 5.00 Å². The fourth-order valence-electron chi connectivity index (χ4n) is 1.27. The van der Waals surface area contributed by atoms with Gasteiger partial charge in [-0.3, -0.25) is 0 Å². The van der Waals surface area contributed by atoms with Gasteiger partial charge in [-0.05, 0) is 28.6 Å². The molecule has 1 amide bonds. The lowest BCUT2D eigenvalue weighted by molar-refractivity contribution is -0.353. The van der Waals surface area contributed by atoms with Crippen LogP contribution < -0.4 is 16.0 Å². The number of nitroso groups, excluding NO2 is 1. The third kappa shape index (κ3) is 2.45. The Labute approximate surface area is 100 Å². The van der Waals surface area contributed by atoms with Crippen molar-refractivity contribution in [1.82, 2.24) is 0 Å². The van der Waals surface area contributed by atoms with Gasteiger partial charge in [0, 0.05) is 5.69 Å². The summed E-state index contributed by atoms with van der Waals surface area (Å²) in [5.74, 6) is -0.335. The van der Waals surface area contributed by atoms with Gasteiger partial charge in [0.1, 0.15) is 6.20 Å². The van der Waals surface area contributed by atoms with Gasteiger partial charge in [0.25, 0.3) is 0 Å². The van der Waals surface area contributed by atoms with Crippen LogP contribution in [0.1, 0.15) is 10.4 Å². The molecule has 17 heavy (non-hydrogen) atoms. The molecule has 2 aromatic rings. The number of aromatic nitrogens is 1. The van der Waals surface area contributed by atoms with Crippen molar-refractivity contribution in [2.45, 2.75) is 0 Å². The number of benzene rings is 1. The van der Waals surface area contributed by atoms with E-state index in [1.54, 1.807) is 24.3 Å². The zero-order valence-electron chi connectivity index (χ0n) is 8.64. The van der Waals surface area contributed by atoms with Gasteiger partial charge in [-0.2, -0.15) is 5.32 Å². The van der Waals surface area contributed by atoms with Crippen molar-refractivity contribution in [2.24, 2.45) is 5.18 Å². The Hall–Kier alpha value is -2.28. The maximum atomic E-state index is 11.8. The van der Waals surface area contributed by atoms with E-state index < -0.39 is 0 Å². The van der Waals surface area contributed by atoms with Crippen LogP contribution in [0.25, 0.3) is 0 Å². The van der Waals surface area contributed by atoms with Crippen molar-refractivity contribution in [3.63, 3.8) is 0 Å². The van der Waals surface area contributed by atoms with Crippen molar-refractivity contribution in [2.75, 3.05) is 11.1 Å². The van der Waals surface area contributed by atoms with Crippen LogP contribution >= 0.6 is 11.3 Å². The van der Waals surface area contributed by atoms with Crippen LogP contribution in [0.15, 0.2) is 35.6 Å². The number of nitrogens with one attached hydrogen (secondary N) is 2. The predicted molar refractivity (Wildman–Crippen MR) is 65.1 cm³/mol. The Balaban J connectivity index is 2.17. The molecular weight excluding hydrogens is 240 g/mol. The topological polar surface area (TPSA) is 98.7 Å². The van der Waals surface area contributed by atoms with Crippen molar-refractivity contribution in [1.29, 1.82) is 0 Å². The summed E-state index contributed by atoms with van der Waals surface area (Å²) in [6.45, 7) is 0. The second kappa shape index (κ2) is 4.71. The molecule has 0 saturated heterocycles. The highest BCUT2D eigenvalue weighted by Gasteiger charge is 2.17.